The highest BCUT2D eigenvalue weighted by atomic mass is 16.5. The van der Waals surface area contributed by atoms with Gasteiger partial charge in [0.05, 0.1) is 0 Å². The number of para-hydroxylation sites is 1. The molecule has 0 fully saturated rings. The summed E-state index contributed by atoms with van der Waals surface area (Å²) in [6, 6.07) is 8.79. The molecule has 2 heteroatoms. The molecule has 1 aliphatic rings. The van der Waals surface area contributed by atoms with E-state index in [0.29, 0.717) is 6.04 Å². The van der Waals surface area contributed by atoms with Crippen molar-refractivity contribution in [1.82, 2.24) is 5.32 Å². The Kier molecular flexibility index (Phi) is 2.50. The Morgan fingerprint density at radius 3 is 3.08 bits per heavy atom. The van der Waals surface area contributed by atoms with Crippen LogP contribution in [0.4, 0.5) is 0 Å². The molecule has 70 valence electrons. The van der Waals surface area contributed by atoms with Crippen molar-refractivity contribution in [3.63, 3.8) is 0 Å². The highest BCUT2D eigenvalue weighted by Crippen LogP contribution is 2.23. The topological polar surface area (TPSA) is 21.3 Å². The van der Waals surface area contributed by atoms with Gasteiger partial charge in [-0.25, -0.2) is 0 Å². The predicted octanol–water partition coefficient (Wildman–Crippen LogP) is 1.60. The molecule has 2 nitrogen and oxygen atoms in total. The molecule has 0 radical (unpaired) electrons. The molecule has 0 amide bonds. The molecular formula is C11H15NO. The highest BCUT2D eigenvalue weighted by Gasteiger charge is 2.14. The van der Waals surface area contributed by atoms with Gasteiger partial charge in [-0.1, -0.05) is 18.2 Å². The van der Waals surface area contributed by atoms with Crippen molar-refractivity contribution in [3.8, 4) is 5.75 Å². The Balaban J connectivity index is 2.17. The van der Waals surface area contributed by atoms with Crippen molar-refractivity contribution in [3.05, 3.63) is 29.8 Å². The third-order valence-electron chi connectivity index (χ3n) is 2.58. The lowest BCUT2D eigenvalue weighted by Gasteiger charge is -2.11. The summed E-state index contributed by atoms with van der Waals surface area (Å²) < 4.78 is 5.69. The quantitative estimate of drug-likeness (QED) is 0.703. The minimum atomic E-state index is 0.493. The number of benzene rings is 1. The van der Waals surface area contributed by atoms with Gasteiger partial charge in [0.25, 0.3) is 0 Å². The predicted molar refractivity (Wildman–Crippen MR) is 53.1 cm³/mol. The maximum atomic E-state index is 5.69. The van der Waals surface area contributed by atoms with Gasteiger partial charge in [-0.2, -0.15) is 0 Å². The first kappa shape index (κ1) is 8.57. The summed E-state index contributed by atoms with van der Waals surface area (Å²) in [4.78, 5) is 0. The molecular weight excluding hydrogens is 162 g/mol. The minimum Gasteiger partial charge on any atom is -0.492 e. The van der Waals surface area contributed by atoms with Crippen LogP contribution in [0.5, 0.6) is 5.75 Å². The second kappa shape index (κ2) is 3.79. The van der Waals surface area contributed by atoms with Crippen LogP contribution >= 0.6 is 0 Å². The summed E-state index contributed by atoms with van der Waals surface area (Å²) in [6.07, 6.45) is 2.27. The molecule has 0 saturated heterocycles. The van der Waals surface area contributed by atoms with E-state index >= 15 is 0 Å². The number of hydrogen-bond acceptors (Lipinski definition) is 2. The van der Waals surface area contributed by atoms with Crippen molar-refractivity contribution >= 4 is 0 Å². The minimum absolute atomic E-state index is 0.493. The summed E-state index contributed by atoms with van der Waals surface area (Å²) in [7, 11) is 1.99. The van der Waals surface area contributed by atoms with E-state index in [1.807, 2.05) is 19.2 Å². The summed E-state index contributed by atoms with van der Waals surface area (Å²) in [5.41, 5.74) is 1.33. The normalized spacial score (nSPS) is 21.5. The fourth-order valence-corrected chi connectivity index (χ4v) is 1.68. The number of rotatable bonds is 1. The fourth-order valence-electron chi connectivity index (χ4n) is 1.68. The van der Waals surface area contributed by atoms with Crippen LogP contribution in [0.1, 0.15) is 12.0 Å². The van der Waals surface area contributed by atoms with Gasteiger partial charge in [-0.3, -0.25) is 0 Å². The number of likely N-dealkylation sites (N-methyl/N-ethyl adjacent to an activating group) is 1. The molecule has 1 N–H and O–H groups in total. The smallest absolute Gasteiger partial charge is 0.122 e. The average Bonchev–Trinajstić information content (AvgIpc) is 2.39. The van der Waals surface area contributed by atoms with Crippen LogP contribution in [0.25, 0.3) is 0 Å². The second-order valence-corrected chi connectivity index (χ2v) is 3.44. The summed E-state index contributed by atoms with van der Waals surface area (Å²) in [5, 5.41) is 3.25. The van der Waals surface area contributed by atoms with Crippen molar-refractivity contribution in [2.45, 2.75) is 18.9 Å². The number of hydrogen-bond donors (Lipinski definition) is 1. The maximum Gasteiger partial charge on any atom is 0.122 e. The Morgan fingerprint density at radius 1 is 1.38 bits per heavy atom. The van der Waals surface area contributed by atoms with Gasteiger partial charge in [0, 0.05) is 6.04 Å². The molecule has 1 heterocycles. The van der Waals surface area contributed by atoms with Crippen LogP contribution in [0.3, 0.4) is 0 Å². The van der Waals surface area contributed by atoms with Gasteiger partial charge in [-0.05, 0) is 31.5 Å². The first-order valence-electron chi connectivity index (χ1n) is 4.78. The summed E-state index contributed by atoms with van der Waals surface area (Å²) >= 11 is 0. The van der Waals surface area contributed by atoms with E-state index in [-0.39, 0.29) is 0 Å². The van der Waals surface area contributed by atoms with Crippen LogP contribution in [0, 0.1) is 0 Å². The number of aryl methyl sites for hydroxylation is 1. The monoisotopic (exact) mass is 177 g/mol. The van der Waals surface area contributed by atoms with E-state index in [2.05, 4.69) is 17.4 Å². The van der Waals surface area contributed by atoms with Gasteiger partial charge in [0.15, 0.2) is 0 Å². The Bertz CT molecular complexity index is 258. The first-order chi connectivity index (χ1) is 6.40. The van der Waals surface area contributed by atoms with Crippen LogP contribution in [-0.4, -0.2) is 19.7 Å². The van der Waals surface area contributed by atoms with Gasteiger partial charge in [-0.15, -0.1) is 0 Å². The summed E-state index contributed by atoms with van der Waals surface area (Å²) in [5.74, 6) is 1.06. The fraction of sp³-hybridized carbons (Fsp3) is 0.455. The summed E-state index contributed by atoms with van der Waals surface area (Å²) in [6.45, 7) is 0.785. The zero-order valence-corrected chi connectivity index (χ0v) is 7.92. The van der Waals surface area contributed by atoms with Crippen molar-refractivity contribution in [2.75, 3.05) is 13.7 Å². The van der Waals surface area contributed by atoms with E-state index < -0.39 is 0 Å². The maximum absolute atomic E-state index is 5.69. The van der Waals surface area contributed by atoms with E-state index in [1.54, 1.807) is 0 Å². The van der Waals surface area contributed by atoms with Crippen LogP contribution in [-0.2, 0) is 6.42 Å². The number of fused-ring (bicyclic) bond motifs is 1. The molecule has 1 aromatic carbocycles. The van der Waals surface area contributed by atoms with Gasteiger partial charge < -0.3 is 10.1 Å². The van der Waals surface area contributed by atoms with E-state index in [4.69, 9.17) is 4.74 Å². The van der Waals surface area contributed by atoms with Crippen molar-refractivity contribution in [1.29, 1.82) is 0 Å². The van der Waals surface area contributed by atoms with Crippen molar-refractivity contribution in [2.24, 2.45) is 0 Å². The van der Waals surface area contributed by atoms with E-state index in [9.17, 15) is 0 Å². The third-order valence-corrected chi connectivity index (χ3v) is 2.58. The second-order valence-electron chi connectivity index (χ2n) is 3.44. The number of ether oxygens (including phenoxy) is 1. The Labute approximate surface area is 78.9 Å². The SMILES string of the molecule is CNC1CCc2ccccc2OC1. The molecule has 13 heavy (non-hydrogen) atoms. The van der Waals surface area contributed by atoms with Crippen molar-refractivity contribution < 1.29 is 4.74 Å². The van der Waals surface area contributed by atoms with Crippen LogP contribution < -0.4 is 10.1 Å². The number of nitrogens with one attached hydrogen (secondary N) is 1. The zero-order valence-electron chi connectivity index (χ0n) is 7.92. The molecule has 0 saturated carbocycles. The third kappa shape index (κ3) is 1.83. The highest BCUT2D eigenvalue weighted by molar-refractivity contribution is 5.34. The van der Waals surface area contributed by atoms with Crippen LogP contribution in [0.15, 0.2) is 24.3 Å². The van der Waals surface area contributed by atoms with Crippen LogP contribution in [0.2, 0.25) is 0 Å². The molecule has 0 aromatic heterocycles. The zero-order chi connectivity index (χ0) is 9.10. The largest absolute Gasteiger partial charge is 0.492 e. The molecule has 0 bridgehead atoms. The lowest BCUT2D eigenvalue weighted by molar-refractivity contribution is 0.275. The standard InChI is InChI=1S/C11H15NO/c1-12-10-7-6-9-4-2-3-5-11(9)13-8-10/h2-5,10,12H,6-8H2,1H3. The van der Waals surface area contributed by atoms with Gasteiger partial charge in [0.1, 0.15) is 12.4 Å². The van der Waals surface area contributed by atoms with E-state index in [1.165, 1.54) is 5.56 Å². The molecule has 2 rings (SSSR count). The molecule has 1 aliphatic heterocycles. The van der Waals surface area contributed by atoms with E-state index in [0.717, 1.165) is 25.2 Å². The Morgan fingerprint density at radius 2 is 2.23 bits per heavy atom. The average molecular weight is 177 g/mol. The molecule has 1 aromatic rings. The molecule has 0 spiro atoms. The lowest BCUT2D eigenvalue weighted by atomic mass is 10.1. The Hall–Kier alpha value is -1.02. The molecule has 0 aliphatic carbocycles. The van der Waals surface area contributed by atoms with Gasteiger partial charge in [0.2, 0.25) is 0 Å². The lowest BCUT2D eigenvalue weighted by Crippen LogP contribution is -2.30. The van der Waals surface area contributed by atoms with Gasteiger partial charge >= 0.3 is 0 Å². The molecule has 1 atom stereocenters. The molecule has 1 unspecified atom stereocenters. The first-order valence-corrected chi connectivity index (χ1v) is 4.78.